The molecular weight excluding hydrogens is 257 g/mol. The molecule has 0 aromatic heterocycles. The van der Waals surface area contributed by atoms with Gasteiger partial charge in [0.1, 0.15) is 0 Å². The van der Waals surface area contributed by atoms with Gasteiger partial charge < -0.3 is 0 Å². The van der Waals surface area contributed by atoms with Crippen LogP contribution in [0.25, 0.3) is 0 Å². The van der Waals surface area contributed by atoms with E-state index in [-0.39, 0.29) is 109 Å². The quantitative estimate of drug-likeness (QED) is 0.374. The molecule has 0 aliphatic heterocycles. The third-order valence-electron chi connectivity index (χ3n) is 0. The molecule has 0 aromatic carbocycles. The first-order valence-electron chi connectivity index (χ1n) is 0.698. The van der Waals surface area contributed by atoms with Crippen molar-refractivity contribution in [3.8, 4) is 0 Å². The van der Waals surface area contributed by atoms with Crippen molar-refractivity contribution in [1.29, 1.82) is 0 Å². The first kappa shape index (κ1) is 37.8. The van der Waals surface area contributed by atoms with Gasteiger partial charge in [-0.25, -0.2) is 0 Å². The molecule has 0 saturated carbocycles. The van der Waals surface area contributed by atoms with Crippen LogP contribution in [-0.4, -0.2) is 102 Å². The van der Waals surface area contributed by atoms with Gasteiger partial charge in [0.05, 0.1) is 0 Å². The second-order valence-corrected chi connectivity index (χ2v) is 1.34. The molecule has 0 saturated heterocycles. The summed E-state index contributed by atoms with van der Waals surface area (Å²) in [4.78, 5) is 0. The maximum atomic E-state index is 8.74. The summed E-state index contributed by atoms with van der Waals surface area (Å²) in [6.07, 6.45) is 0. The zero-order valence-corrected chi connectivity index (χ0v) is 5.39. The monoisotopic (exact) mass is 266 g/mol. The van der Waals surface area contributed by atoms with Crippen LogP contribution in [0.5, 0.6) is 0 Å². The van der Waals surface area contributed by atoms with Crippen molar-refractivity contribution < 1.29 is 17.5 Å². The molecular formula is H10AlCaCl2NaO4S. The molecule has 0 rings (SSSR count). The van der Waals surface area contributed by atoms with E-state index in [2.05, 4.69) is 0 Å². The van der Waals surface area contributed by atoms with Crippen LogP contribution in [0.3, 0.4) is 0 Å². The zero-order valence-electron chi connectivity index (χ0n) is 2.94. The molecule has 0 aliphatic rings. The van der Waals surface area contributed by atoms with Crippen LogP contribution in [0.15, 0.2) is 0 Å². The molecule has 0 unspecified atom stereocenters. The Kier molecular flexibility index (Phi) is 68.5. The van der Waals surface area contributed by atoms with Gasteiger partial charge in [-0.15, -0.1) is 24.8 Å². The van der Waals surface area contributed by atoms with Gasteiger partial charge in [-0.05, 0) is 0 Å². The molecule has 10 heteroatoms. The van der Waals surface area contributed by atoms with Crippen LogP contribution in [0, 0.1) is 0 Å². The molecule has 0 spiro atoms. The van der Waals surface area contributed by atoms with Crippen LogP contribution in [0.2, 0.25) is 0 Å². The molecule has 0 fully saturated rings. The van der Waals surface area contributed by atoms with Crippen molar-refractivity contribution in [3.63, 3.8) is 0 Å². The van der Waals surface area contributed by atoms with Gasteiger partial charge in [-0.3, -0.25) is 9.11 Å². The zero-order chi connectivity index (χ0) is 4.50. The Morgan fingerprint density at radius 3 is 1.00 bits per heavy atom. The molecule has 0 bridgehead atoms. The first-order valence-corrected chi connectivity index (χ1v) is 2.10. The van der Waals surface area contributed by atoms with E-state index in [1.54, 1.807) is 0 Å². The summed E-state index contributed by atoms with van der Waals surface area (Å²) in [5, 5.41) is 0. The fourth-order valence-electron chi connectivity index (χ4n) is 0. The van der Waals surface area contributed by atoms with Crippen molar-refractivity contribution in [3.05, 3.63) is 0 Å². The van der Waals surface area contributed by atoms with Gasteiger partial charge in [0, 0.05) is 0 Å². The van der Waals surface area contributed by atoms with E-state index in [0.29, 0.717) is 0 Å². The normalized spacial score (nSPS) is 5.80. The Balaban J connectivity index is -0.00000000800. The maximum absolute atomic E-state index is 8.74. The van der Waals surface area contributed by atoms with Crippen molar-refractivity contribution >= 4 is 120 Å². The van der Waals surface area contributed by atoms with Crippen molar-refractivity contribution in [1.82, 2.24) is 0 Å². The Morgan fingerprint density at radius 2 is 1.00 bits per heavy atom. The van der Waals surface area contributed by atoms with Crippen LogP contribution in [-0.2, 0) is 10.4 Å². The first-order chi connectivity index (χ1) is 2.00. The van der Waals surface area contributed by atoms with Gasteiger partial charge in [-0.2, -0.15) is 8.42 Å². The summed E-state index contributed by atoms with van der Waals surface area (Å²) in [7, 11) is -4.67. The molecule has 0 heterocycles. The van der Waals surface area contributed by atoms with Crippen LogP contribution < -0.4 is 0 Å². The summed E-state index contributed by atoms with van der Waals surface area (Å²) in [5.74, 6) is 0. The van der Waals surface area contributed by atoms with E-state index in [1.807, 2.05) is 0 Å². The Bertz CT molecular complexity index is 106. The molecule has 4 nitrogen and oxygen atoms in total. The third kappa shape index (κ3) is 112. The summed E-state index contributed by atoms with van der Waals surface area (Å²) >= 11 is 0. The van der Waals surface area contributed by atoms with E-state index >= 15 is 0 Å². The van der Waals surface area contributed by atoms with Gasteiger partial charge in [0.2, 0.25) is 0 Å². The predicted molar refractivity (Wildman–Crippen MR) is 54.3 cm³/mol. The SMILES string of the molecule is Cl.Cl.O=S(=O)(O)O.[AlH3].[CaH2].[NaH]. The Hall–Kier alpha value is 3.24. The summed E-state index contributed by atoms with van der Waals surface area (Å²) in [6.45, 7) is 0. The minimum atomic E-state index is -4.67. The van der Waals surface area contributed by atoms with Gasteiger partial charge in [-0.1, -0.05) is 0 Å². The predicted octanol–water partition coefficient (Wildman–Crippen LogP) is -2.56. The Labute approximate surface area is 135 Å². The fraction of sp³-hybridized carbons (Fsp3) is 0. The summed E-state index contributed by atoms with van der Waals surface area (Å²) in [6, 6.07) is 0. The average Bonchev–Trinajstić information content (AvgIpc) is 0.722. The van der Waals surface area contributed by atoms with E-state index in [1.165, 1.54) is 0 Å². The third-order valence-corrected chi connectivity index (χ3v) is 0. The Morgan fingerprint density at radius 1 is 1.00 bits per heavy atom. The standard InChI is InChI=1S/Al.Ca.2ClH.Na.H2O4S.6H/c;;;;;1-5(2,3)4;;;;;;/h;;2*1H;;(H2,1,2,3,4);;;;;;. The van der Waals surface area contributed by atoms with Crippen LogP contribution in [0.4, 0.5) is 0 Å². The van der Waals surface area contributed by atoms with Crippen molar-refractivity contribution in [2.45, 2.75) is 0 Å². The minimum absolute atomic E-state index is 0. The van der Waals surface area contributed by atoms with Gasteiger partial charge >= 0.3 is 77.7 Å². The molecule has 60 valence electrons. The average molecular weight is 267 g/mol. The van der Waals surface area contributed by atoms with Crippen molar-refractivity contribution in [2.24, 2.45) is 0 Å². The molecule has 0 amide bonds. The summed E-state index contributed by atoms with van der Waals surface area (Å²) < 4.78 is 31.6. The molecule has 0 aromatic rings. The van der Waals surface area contributed by atoms with E-state index < -0.39 is 10.4 Å². The molecule has 0 atom stereocenters. The summed E-state index contributed by atoms with van der Waals surface area (Å²) in [5.41, 5.74) is 0. The topological polar surface area (TPSA) is 74.6 Å². The second-order valence-electron chi connectivity index (χ2n) is 0.448. The molecule has 0 radical (unpaired) electrons. The number of hydrogen-bond donors (Lipinski definition) is 2. The van der Waals surface area contributed by atoms with Gasteiger partial charge in [0.25, 0.3) is 0 Å². The molecule has 0 aliphatic carbocycles. The van der Waals surface area contributed by atoms with Crippen LogP contribution in [0.1, 0.15) is 0 Å². The number of rotatable bonds is 0. The number of hydrogen-bond acceptors (Lipinski definition) is 2. The molecule has 10 heavy (non-hydrogen) atoms. The van der Waals surface area contributed by atoms with E-state index in [0.717, 1.165) is 0 Å². The second kappa shape index (κ2) is 18.1. The van der Waals surface area contributed by atoms with E-state index in [4.69, 9.17) is 17.5 Å². The number of halogens is 2. The van der Waals surface area contributed by atoms with Gasteiger partial charge in [0.15, 0.2) is 17.4 Å². The van der Waals surface area contributed by atoms with E-state index in [9.17, 15) is 0 Å². The van der Waals surface area contributed by atoms with Crippen molar-refractivity contribution in [2.75, 3.05) is 0 Å². The fourth-order valence-corrected chi connectivity index (χ4v) is 0. The van der Waals surface area contributed by atoms with Crippen LogP contribution >= 0.6 is 24.8 Å². The molecule has 2 N–H and O–H groups in total.